The monoisotopic (exact) mass is 318 g/mol. The Morgan fingerprint density at radius 3 is 2.59 bits per heavy atom. The van der Waals surface area contributed by atoms with Crippen LogP contribution in [0.2, 0.25) is 5.02 Å². The molecule has 116 valence electrons. The molecule has 1 aliphatic rings. The van der Waals surface area contributed by atoms with E-state index in [2.05, 4.69) is 19.1 Å². The van der Waals surface area contributed by atoms with Crippen LogP contribution in [0.25, 0.3) is 0 Å². The minimum absolute atomic E-state index is 0.0463. The molecule has 1 heterocycles. The van der Waals surface area contributed by atoms with Gasteiger partial charge in [-0.2, -0.15) is 0 Å². The van der Waals surface area contributed by atoms with Gasteiger partial charge in [-0.25, -0.2) is 0 Å². The highest BCUT2D eigenvalue weighted by atomic mass is 35.5. The van der Waals surface area contributed by atoms with Crippen LogP contribution < -0.4 is 0 Å². The van der Waals surface area contributed by atoms with Crippen LogP contribution >= 0.6 is 11.6 Å². The predicted molar refractivity (Wildman–Crippen MR) is 85.9 cm³/mol. The van der Waals surface area contributed by atoms with Gasteiger partial charge >= 0.3 is 0 Å². The van der Waals surface area contributed by atoms with E-state index in [1.165, 1.54) is 11.1 Å². The molecule has 0 atom stereocenters. The van der Waals surface area contributed by atoms with Crippen LogP contribution in [0.4, 0.5) is 0 Å². The third-order valence-corrected chi connectivity index (χ3v) is 3.96. The fourth-order valence-corrected chi connectivity index (χ4v) is 2.61. The summed E-state index contributed by atoms with van der Waals surface area (Å²) in [6.45, 7) is 3.69. The molecule has 22 heavy (non-hydrogen) atoms. The Labute approximate surface area is 135 Å². The number of halogens is 1. The van der Waals surface area contributed by atoms with Gasteiger partial charge in [0.15, 0.2) is 6.29 Å². The molecule has 3 rings (SSSR count). The molecule has 0 aliphatic carbocycles. The molecular weight excluding hydrogens is 300 g/mol. The van der Waals surface area contributed by atoms with E-state index >= 15 is 0 Å². The summed E-state index contributed by atoms with van der Waals surface area (Å²) in [5, 5.41) is 0.683. The Bertz CT molecular complexity index is 621. The standard InChI is InChI=1S/C18H19ClO3/c1-13-5-2-3-6-15(13)10-20-17-11-21-18(22-12-17)14-7-4-8-16(19)9-14/h2-9,17-18H,10-12H2,1H3. The van der Waals surface area contributed by atoms with Crippen molar-refractivity contribution in [2.75, 3.05) is 13.2 Å². The molecule has 0 N–H and O–H groups in total. The van der Waals surface area contributed by atoms with E-state index in [9.17, 15) is 0 Å². The second kappa shape index (κ2) is 7.25. The number of ether oxygens (including phenoxy) is 3. The van der Waals surface area contributed by atoms with Gasteiger partial charge in [0, 0.05) is 10.6 Å². The molecule has 2 aromatic carbocycles. The van der Waals surface area contributed by atoms with Crippen molar-refractivity contribution in [1.29, 1.82) is 0 Å². The first kappa shape index (κ1) is 15.5. The molecule has 3 nitrogen and oxygen atoms in total. The molecule has 1 saturated heterocycles. The van der Waals surface area contributed by atoms with Crippen molar-refractivity contribution in [2.45, 2.75) is 25.9 Å². The molecular formula is C18H19ClO3. The molecule has 0 unspecified atom stereocenters. The Morgan fingerprint density at radius 2 is 1.86 bits per heavy atom. The van der Waals surface area contributed by atoms with E-state index in [1.54, 1.807) is 0 Å². The van der Waals surface area contributed by atoms with Crippen LogP contribution in [-0.4, -0.2) is 19.3 Å². The minimum atomic E-state index is -0.364. The SMILES string of the molecule is Cc1ccccc1COC1COC(c2cccc(Cl)c2)OC1. The molecule has 0 aromatic heterocycles. The van der Waals surface area contributed by atoms with Gasteiger partial charge in [-0.3, -0.25) is 0 Å². The van der Waals surface area contributed by atoms with E-state index in [4.69, 9.17) is 25.8 Å². The van der Waals surface area contributed by atoms with Gasteiger partial charge in [0.25, 0.3) is 0 Å². The van der Waals surface area contributed by atoms with E-state index in [1.807, 2.05) is 36.4 Å². The smallest absolute Gasteiger partial charge is 0.184 e. The lowest BCUT2D eigenvalue weighted by Gasteiger charge is -2.29. The van der Waals surface area contributed by atoms with Gasteiger partial charge in [-0.1, -0.05) is 48.0 Å². The van der Waals surface area contributed by atoms with Crippen LogP contribution in [0.15, 0.2) is 48.5 Å². The van der Waals surface area contributed by atoms with Crippen molar-refractivity contribution < 1.29 is 14.2 Å². The Hall–Kier alpha value is -1.39. The molecule has 0 amide bonds. The van der Waals surface area contributed by atoms with Gasteiger partial charge < -0.3 is 14.2 Å². The summed E-state index contributed by atoms with van der Waals surface area (Å²) in [6.07, 6.45) is -0.410. The molecule has 0 spiro atoms. The van der Waals surface area contributed by atoms with Crippen LogP contribution in [-0.2, 0) is 20.8 Å². The van der Waals surface area contributed by atoms with E-state index < -0.39 is 0 Å². The zero-order chi connectivity index (χ0) is 15.4. The first-order chi connectivity index (χ1) is 10.7. The number of rotatable bonds is 4. The Kier molecular flexibility index (Phi) is 5.11. The summed E-state index contributed by atoms with van der Waals surface area (Å²) in [4.78, 5) is 0. The van der Waals surface area contributed by atoms with Crippen molar-refractivity contribution in [3.8, 4) is 0 Å². The van der Waals surface area contributed by atoms with Crippen LogP contribution in [0.1, 0.15) is 23.0 Å². The van der Waals surface area contributed by atoms with Gasteiger partial charge in [0.1, 0.15) is 6.10 Å². The van der Waals surface area contributed by atoms with Crippen molar-refractivity contribution in [3.05, 3.63) is 70.2 Å². The summed E-state index contributed by atoms with van der Waals surface area (Å²) in [6, 6.07) is 15.8. The second-order valence-corrected chi connectivity index (χ2v) is 5.85. The average Bonchev–Trinajstić information content (AvgIpc) is 2.55. The van der Waals surface area contributed by atoms with Crippen LogP contribution in [0, 0.1) is 6.92 Å². The first-order valence-electron chi connectivity index (χ1n) is 7.37. The van der Waals surface area contributed by atoms with E-state index in [-0.39, 0.29) is 12.4 Å². The van der Waals surface area contributed by atoms with Crippen molar-refractivity contribution in [1.82, 2.24) is 0 Å². The highest BCUT2D eigenvalue weighted by Crippen LogP contribution is 2.26. The lowest BCUT2D eigenvalue weighted by atomic mass is 10.1. The lowest BCUT2D eigenvalue weighted by Crippen LogP contribution is -2.33. The van der Waals surface area contributed by atoms with Crippen molar-refractivity contribution in [2.24, 2.45) is 0 Å². The number of benzene rings is 2. The number of hydrogen-bond donors (Lipinski definition) is 0. The normalized spacial score (nSPS) is 21.7. The number of aryl methyl sites for hydroxylation is 1. The lowest BCUT2D eigenvalue weighted by molar-refractivity contribution is -0.232. The Balaban J connectivity index is 1.51. The highest BCUT2D eigenvalue weighted by Gasteiger charge is 2.24. The molecule has 0 bridgehead atoms. The van der Waals surface area contributed by atoms with Crippen molar-refractivity contribution in [3.63, 3.8) is 0 Å². The maximum Gasteiger partial charge on any atom is 0.184 e. The topological polar surface area (TPSA) is 27.7 Å². The van der Waals surface area contributed by atoms with E-state index in [0.717, 1.165) is 5.56 Å². The summed E-state index contributed by atoms with van der Waals surface area (Å²) in [7, 11) is 0. The summed E-state index contributed by atoms with van der Waals surface area (Å²) < 4.78 is 17.4. The second-order valence-electron chi connectivity index (χ2n) is 5.41. The fourth-order valence-electron chi connectivity index (χ4n) is 2.41. The molecule has 1 aliphatic heterocycles. The molecule has 0 saturated carbocycles. The van der Waals surface area contributed by atoms with Crippen molar-refractivity contribution >= 4 is 11.6 Å². The number of hydrogen-bond acceptors (Lipinski definition) is 3. The molecule has 2 aromatic rings. The maximum atomic E-state index is 5.99. The predicted octanol–water partition coefficient (Wildman–Crippen LogP) is 4.28. The van der Waals surface area contributed by atoms with E-state index in [0.29, 0.717) is 24.8 Å². The average molecular weight is 319 g/mol. The van der Waals surface area contributed by atoms with Crippen LogP contribution in [0.5, 0.6) is 0 Å². The Morgan fingerprint density at radius 1 is 1.09 bits per heavy atom. The third-order valence-electron chi connectivity index (χ3n) is 3.72. The van der Waals surface area contributed by atoms with Crippen LogP contribution in [0.3, 0.4) is 0 Å². The van der Waals surface area contributed by atoms with Gasteiger partial charge in [0.2, 0.25) is 0 Å². The van der Waals surface area contributed by atoms with Gasteiger partial charge in [-0.05, 0) is 30.2 Å². The molecule has 4 heteroatoms. The zero-order valence-corrected chi connectivity index (χ0v) is 13.3. The minimum Gasteiger partial charge on any atom is -0.369 e. The zero-order valence-electron chi connectivity index (χ0n) is 12.5. The van der Waals surface area contributed by atoms with Gasteiger partial charge in [0.05, 0.1) is 19.8 Å². The molecule has 1 fully saturated rings. The highest BCUT2D eigenvalue weighted by molar-refractivity contribution is 6.30. The quantitative estimate of drug-likeness (QED) is 0.842. The largest absolute Gasteiger partial charge is 0.369 e. The van der Waals surface area contributed by atoms with Gasteiger partial charge in [-0.15, -0.1) is 0 Å². The fraction of sp³-hybridized carbons (Fsp3) is 0.333. The summed E-state index contributed by atoms with van der Waals surface area (Å²) in [5.74, 6) is 0. The summed E-state index contributed by atoms with van der Waals surface area (Å²) in [5.41, 5.74) is 3.36. The summed E-state index contributed by atoms with van der Waals surface area (Å²) >= 11 is 5.99. The third kappa shape index (κ3) is 3.87. The first-order valence-corrected chi connectivity index (χ1v) is 7.75. The molecule has 0 radical (unpaired) electrons. The maximum absolute atomic E-state index is 5.99.